The third-order valence-corrected chi connectivity index (χ3v) is 3.68. The van der Waals surface area contributed by atoms with Crippen LogP contribution in [0.2, 0.25) is 0 Å². The van der Waals surface area contributed by atoms with Gasteiger partial charge in [0.25, 0.3) is 0 Å². The molecule has 0 saturated heterocycles. The van der Waals surface area contributed by atoms with Crippen molar-refractivity contribution in [1.29, 1.82) is 0 Å². The number of rotatable bonds is 3. The summed E-state index contributed by atoms with van der Waals surface area (Å²) in [5.41, 5.74) is 8.51. The third-order valence-electron chi connectivity index (χ3n) is 3.68. The zero-order chi connectivity index (χ0) is 14.3. The molecule has 1 aromatic carbocycles. The van der Waals surface area contributed by atoms with E-state index in [4.69, 9.17) is 12.2 Å². The Morgan fingerprint density at radius 3 is 2.90 bits per heavy atom. The van der Waals surface area contributed by atoms with Crippen molar-refractivity contribution in [2.24, 2.45) is 0 Å². The molecule has 102 valence electrons. The average molecular weight is 269 g/mol. The number of hydrogen-bond donors (Lipinski definition) is 1. The largest absolute Gasteiger partial charge is 0.383 e. The number of imidazole rings is 1. The average Bonchev–Trinajstić information content (AvgIpc) is 3.21. The van der Waals surface area contributed by atoms with Gasteiger partial charge in [0.1, 0.15) is 23.2 Å². The second-order valence-electron chi connectivity index (χ2n) is 5.23. The van der Waals surface area contributed by atoms with Crippen molar-refractivity contribution in [2.45, 2.75) is 32.2 Å². The smallest absolute Gasteiger partial charge is 0.132 e. The van der Waals surface area contributed by atoms with E-state index in [0.717, 1.165) is 29.8 Å². The number of nitrogens with zero attached hydrogens (tertiary/aromatic N) is 2. The predicted octanol–water partition coefficient (Wildman–Crippen LogP) is 3.09. The molecule has 0 radical (unpaired) electrons. The molecule has 0 atom stereocenters. The van der Waals surface area contributed by atoms with Crippen LogP contribution >= 0.6 is 0 Å². The zero-order valence-corrected chi connectivity index (χ0v) is 11.4. The number of hydrogen-bond acceptors (Lipinski definition) is 2. The summed E-state index contributed by atoms with van der Waals surface area (Å²) in [6.07, 6.45) is 7.63. The van der Waals surface area contributed by atoms with Crippen LogP contribution in [0.3, 0.4) is 0 Å². The molecule has 2 N–H and O–H groups in total. The Labute approximate surface area is 117 Å². The molecule has 0 amide bonds. The van der Waals surface area contributed by atoms with Crippen LogP contribution in [0.1, 0.15) is 30.1 Å². The molecule has 4 heteroatoms. The number of terminal acetylenes is 1. The Bertz CT molecular complexity index is 705. The lowest BCUT2D eigenvalue weighted by molar-refractivity contribution is 0.628. The van der Waals surface area contributed by atoms with E-state index in [9.17, 15) is 4.39 Å². The minimum absolute atomic E-state index is 0.288. The molecular formula is C16H16FN3. The molecule has 0 spiro atoms. The van der Waals surface area contributed by atoms with E-state index in [-0.39, 0.29) is 5.82 Å². The fourth-order valence-electron chi connectivity index (χ4n) is 2.44. The third kappa shape index (κ3) is 2.05. The van der Waals surface area contributed by atoms with Crippen molar-refractivity contribution >= 4 is 5.82 Å². The number of aryl methyl sites for hydroxylation is 1. The maximum atomic E-state index is 13.5. The summed E-state index contributed by atoms with van der Waals surface area (Å²) in [5.74, 6) is 4.21. The summed E-state index contributed by atoms with van der Waals surface area (Å²) in [5, 5.41) is 0. The molecule has 1 fully saturated rings. The fourth-order valence-corrected chi connectivity index (χ4v) is 2.44. The van der Waals surface area contributed by atoms with Gasteiger partial charge in [-0.3, -0.25) is 0 Å². The molecule has 1 aliphatic rings. The summed E-state index contributed by atoms with van der Waals surface area (Å²) in [6.45, 7) is 2.32. The topological polar surface area (TPSA) is 43.8 Å². The highest BCUT2D eigenvalue weighted by Crippen LogP contribution is 2.42. The number of nitrogens with two attached hydrogens (primary N) is 1. The first-order chi connectivity index (χ1) is 9.61. The Morgan fingerprint density at radius 2 is 2.25 bits per heavy atom. The van der Waals surface area contributed by atoms with Gasteiger partial charge in [0.2, 0.25) is 0 Å². The van der Waals surface area contributed by atoms with Crippen molar-refractivity contribution in [1.82, 2.24) is 9.55 Å². The highest BCUT2D eigenvalue weighted by molar-refractivity contribution is 5.74. The number of halogens is 1. The van der Waals surface area contributed by atoms with E-state index in [2.05, 4.69) is 10.9 Å². The zero-order valence-electron chi connectivity index (χ0n) is 11.4. The molecule has 0 unspecified atom stereocenters. The number of benzene rings is 1. The monoisotopic (exact) mass is 269 g/mol. The molecule has 0 bridgehead atoms. The van der Waals surface area contributed by atoms with Crippen LogP contribution < -0.4 is 5.73 Å². The van der Waals surface area contributed by atoms with Crippen molar-refractivity contribution in [3.8, 4) is 23.6 Å². The van der Waals surface area contributed by atoms with Crippen LogP contribution in [0.25, 0.3) is 11.3 Å². The predicted molar refractivity (Wildman–Crippen MR) is 77.6 cm³/mol. The lowest BCUT2D eigenvalue weighted by Gasteiger charge is -2.06. The lowest BCUT2D eigenvalue weighted by atomic mass is 10.1. The molecular weight excluding hydrogens is 253 g/mol. The van der Waals surface area contributed by atoms with Crippen LogP contribution in [0.5, 0.6) is 0 Å². The van der Waals surface area contributed by atoms with Gasteiger partial charge in [-0.1, -0.05) is 12.0 Å². The first-order valence-corrected chi connectivity index (χ1v) is 6.67. The summed E-state index contributed by atoms with van der Waals surface area (Å²) in [7, 11) is 0. The van der Waals surface area contributed by atoms with Crippen LogP contribution in [-0.4, -0.2) is 9.55 Å². The molecule has 1 saturated carbocycles. The van der Waals surface area contributed by atoms with Crippen molar-refractivity contribution in [2.75, 3.05) is 5.73 Å². The van der Waals surface area contributed by atoms with Gasteiger partial charge in [0.05, 0.1) is 6.54 Å². The second kappa shape index (κ2) is 4.68. The molecule has 1 aliphatic carbocycles. The van der Waals surface area contributed by atoms with Crippen LogP contribution in [0, 0.1) is 25.1 Å². The molecule has 3 nitrogen and oxygen atoms in total. The van der Waals surface area contributed by atoms with E-state index in [0.29, 0.717) is 24.0 Å². The highest BCUT2D eigenvalue weighted by atomic mass is 19.1. The molecule has 1 aromatic heterocycles. The number of aromatic nitrogens is 2. The summed E-state index contributed by atoms with van der Waals surface area (Å²) < 4.78 is 15.4. The first kappa shape index (κ1) is 12.7. The standard InChI is InChI=1S/C16H16FN3/c1-3-8-20-15(18)14(19-16(20)11-5-6-11)13-9-12(17)7-4-10(13)2/h1,4,7,9,11H,5-6,8,18H2,2H3. The fraction of sp³-hybridized carbons (Fsp3) is 0.312. The highest BCUT2D eigenvalue weighted by Gasteiger charge is 2.31. The number of anilines is 1. The minimum atomic E-state index is -0.288. The van der Waals surface area contributed by atoms with Crippen LogP contribution in [0.15, 0.2) is 18.2 Å². The van der Waals surface area contributed by atoms with E-state index in [1.807, 2.05) is 11.5 Å². The maximum absolute atomic E-state index is 13.5. The van der Waals surface area contributed by atoms with Crippen LogP contribution in [-0.2, 0) is 6.54 Å². The normalized spacial score (nSPS) is 14.2. The van der Waals surface area contributed by atoms with Crippen molar-refractivity contribution < 1.29 is 4.39 Å². The summed E-state index contributed by atoms with van der Waals surface area (Å²) in [6, 6.07) is 4.65. The van der Waals surface area contributed by atoms with Crippen molar-refractivity contribution in [3.05, 3.63) is 35.4 Å². The summed E-state index contributed by atoms with van der Waals surface area (Å²) in [4.78, 5) is 4.64. The molecule has 1 heterocycles. The van der Waals surface area contributed by atoms with Gasteiger partial charge in [-0.15, -0.1) is 6.42 Å². The van der Waals surface area contributed by atoms with Gasteiger partial charge in [0, 0.05) is 11.5 Å². The molecule has 0 aliphatic heterocycles. The van der Waals surface area contributed by atoms with E-state index in [1.165, 1.54) is 12.1 Å². The van der Waals surface area contributed by atoms with Gasteiger partial charge in [-0.05, 0) is 37.5 Å². The van der Waals surface area contributed by atoms with Gasteiger partial charge in [-0.25, -0.2) is 9.37 Å². The lowest BCUT2D eigenvalue weighted by Crippen LogP contribution is -2.05. The Morgan fingerprint density at radius 1 is 1.50 bits per heavy atom. The van der Waals surface area contributed by atoms with Crippen LogP contribution in [0.4, 0.5) is 10.2 Å². The Hall–Kier alpha value is -2.28. The second-order valence-corrected chi connectivity index (χ2v) is 5.23. The maximum Gasteiger partial charge on any atom is 0.132 e. The molecule has 2 aromatic rings. The SMILES string of the molecule is C#CCn1c(C2CC2)nc(-c2cc(F)ccc2C)c1N. The summed E-state index contributed by atoms with van der Waals surface area (Å²) >= 11 is 0. The molecule has 20 heavy (non-hydrogen) atoms. The van der Waals surface area contributed by atoms with Gasteiger partial charge < -0.3 is 10.3 Å². The molecule has 3 rings (SSSR count). The first-order valence-electron chi connectivity index (χ1n) is 6.67. The van der Waals surface area contributed by atoms with E-state index >= 15 is 0 Å². The van der Waals surface area contributed by atoms with Crippen molar-refractivity contribution in [3.63, 3.8) is 0 Å². The Balaban J connectivity index is 2.16. The Kier molecular flexibility index (Phi) is 2.98. The van der Waals surface area contributed by atoms with Gasteiger partial charge >= 0.3 is 0 Å². The van der Waals surface area contributed by atoms with Gasteiger partial charge in [-0.2, -0.15) is 0 Å². The van der Waals surface area contributed by atoms with E-state index in [1.54, 1.807) is 6.07 Å². The number of nitrogen functional groups attached to an aromatic ring is 1. The minimum Gasteiger partial charge on any atom is -0.383 e. The quantitative estimate of drug-likeness (QED) is 0.870. The van der Waals surface area contributed by atoms with E-state index < -0.39 is 0 Å². The van der Waals surface area contributed by atoms with Gasteiger partial charge in [0.15, 0.2) is 0 Å².